The lowest BCUT2D eigenvalue weighted by molar-refractivity contribution is -0.191. The molecule has 0 unspecified atom stereocenters. The van der Waals surface area contributed by atoms with Crippen LogP contribution in [-0.2, 0) is 5.41 Å². The molecule has 0 amide bonds. The minimum atomic E-state index is -4.44. The van der Waals surface area contributed by atoms with Crippen LogP contribution in [0.2, 0.25) is 0 Å². The fourth-order valence-electron chi connectivity index (χ4n) is 2.25. The van der Waals surface area contributed by atoms with E-state index in [-0.39, 0.29) is 25.3 Å². The predicted molar refractivity (Wildman–Crippen MR) is 62.7 cm³/mol. The zero-order valence-corrected chi connectivity index (χ0v) is 10.3. The summed E-state index contributed by atoms with van der Waals surface area (Å²) >= 11 is 0. The third-order valence-electron chi connectivity index (χ3n) is 3.43. The van der Waals surface area contributed by atoms with E-state index in [0.717, 1.165) is 0 Å². The van der Waals surface area contributed by atoms with Crippen LogP contribution in [0.15, 0.2) is 28.9 Å². The van der Waals surface area contributed by atoms with Gasteiger partial charge in [-0.05, 0) is 25.1 Å². The van der Waals surface area contributed by atoms with Crippen molar-refractivity contribution in [2.45, 2.75) is 18.0 Å². The van der Waals surface area contributed by atoms with E-state index < -0.39 is 17.5 Å². The fourth-order valence-corrected chi connectivity index (χ4v) is 2.25. The van der Waals surface area contributed by atoms with Gasteiger partial charge in [-0.2, -0.15) is 18.2 Å². The van der Waals surface area contributed by atoms with Crippen molar-refractivity contribution in [3.8, 4) is 11.5 Å². The quantitative estimate of drug-likeness (QED) is 0.912. The van der Waals surface area contributed by atoms with Crippen LogP contribution in [0.1, 0.15) is 12.3 Å². The van der Waals surface area contributed by atoms with Crippen LogP contribution in [0, 0.1) is 0 Å². The number of pyridine rings is 1. The first-order valence-electron chi connectivity index (χ1n) is 6.06. The monoisotopic (exact) mass is 284 g/mol. The van der Waals surface area contributed by atoms with Gasteiger partial charge in [-0.25, -0.2) is 0 Å². The normalized spacial score (nSPS) is 23.1. The molecule has 0 spiro atoms. The van der Waals surface area contributed by atoms with E-state index in [1.807, 2.05) is 0 Å². The number of nitrogens with zero attached hydrogens (tertiary/aromatic N) is 3. The number of alkyl halides is 3. The smallest absolute Gasteiger partial charge is 0.338 e. The molecule has 1 atom stereocenters. The van der Waals surface area contributed by atoms with E-state index in [4.69, 9.17) is 4.52 Å². The zero-order valence-electron chi connectivity index (χ0n) is 10.3. The minimum absolute atomic E-state index is 0.0659. The van der Waals surface area contributed by atoms with E-state index >= 15 is 0 Å². The van der Waals surface area contributed by atoms with Gasteiger partial charge >= 0.3 is 6.18 Å². The summed E-state index contributed by atoms with van der Waals surface area (Å²) in [5.41, 5.74) is -1.72. The standard InChI is InChI=1S/C12H11F3N4O/c13-12(14,15)11(4-6-16-7-11)10-18-9(19-20-10)8-3-1-2-5-17-8/h1-3,5,16H,4,6-7H2/t11-/m1/s1. The van der Waals surface area contributed by atoms with Gasteiger partial charge in [0.05, 0.1) is 0 Å². The Balaban J connectivity index is 2.01. The summed E-state index contributed by atoms with van der Waals surface area (Å²) in [7, 11) is 0. The topological polar surface area (TPSA) is 63.8 Å². The Morgan fingerprint density at radius 3 is 2.75 bits per heavy atom. The summed E-state index contributed by atoms with van der Waals surface area (Å²) in [4.78, 5) is 7.89. The molecule has 2 aromatic rings. The van der Waals surface area contributed by atoms with Crippen molar-refractivity contribution < 1.29 is 17.7 Å². The summed E-state index contributed by atoms with van der Waals surface area (Å²) in [5, 5.41) is 6.32. The van der Waals surface area contributed by atoms with E-state index in [1.165, 1.54) is 6.20 Å². The first-order valence-corrected chi connectivity index (χ1v) is 6.06. The maximum absolute atomic E-state index is 13.3. The van der Waals surface area contributed by atoms with Crippen molar-refractivity contribution in [3.63, 3.8) is 0 Å². The molecule has 1 aliphatic heterocycles. The summed E-state index contributed by atoms with van der Waals surface area (Å²) in [6, 6.07) is 5.01. The molecule has 8 heteroatoms. The average Bonchev–Trinajstić information content (AvgIpc) is 3.09. The van der Waals surface area contributed by atoms with Gasteiger partial charge in [0.15, 0.2) is 5.41 Å². The van der Waals surface area contributed by atoms with Crippen molar-refractivity contribution in [1.82, 2.24) is 20.4 Å². The Bertz CT molecular complexity index is 590. The lowest BCUT2D eigenvalue weighted by Gasteiger charge is -2.26. The van der Waals surface area contributed by atoms with E-state index in [1.54, 1.807) is 18.2 Å². The molecule has 3 heterocycles. The van der Waals surface area contributed by atoms with Crippen LogP contribution in [0.5, 0.6) is 0 Å². The predicted octanol–water partition coefficient (Wildman–Crippen LogP) is 1.92. The van der Waals surface area contributed by atoms with Crippen LogP contribution in [0.4, 0.5) is 13.2 Å². The Morgan fingerprint density at radius 1 is 1.30 bits per heavy atom. The molecule has 2 aromatic heterocycles. The van der Waals surface area contributed by atoms with Crippen LogP contribution in [0.3, 0.4) is 0 Å². The highest BCUT2D eigenvalue weighted by Crippen LogP contribution is 2.44. The molecule has 0 saturated carbocycles. The molecule has 0 aromatic carbocycles. The highest BCUT2D eigenvalue weighted by Gasteiger charge is 2.61. The van der Waals surface area contributed by atoms with Gasteiger partial charge in [0, 0.05) is 12.7 Å². The molecular weight excluding hydrogens is 273 g/mol. The second kappa shape index (κ2) is 4.55. The van der Waals surface area contributed by atoms with Crippen molar-refractivity contribution in [2.24, 2.45) is 0 Å². The molecule has 0 bridgehead atoms. The molecule has 1 saturated heterocycles. The molecular formula is C12H11F3N4O. The van der Waals surface area contributed by atoms with E-state index in [0.29, 0.717) is 5.69 Å². The van der Waals surface area contributed by atoms with Crippen molar-refractivity contribution >= 4 is 0 Å². The number of halogens is 3. The highest BCUT2D eigenvalue weighted by molar-refractivity contribution is 5.47. The SMILES string of the molecule is FC(F)(F)[C@]1(c2nc(-c3ccccn3)no2)CCNC1. The molecule has 106 valence electrons. The number of rotatable bonds is 2. The number of hydrogen-bond donors (Lipinski definition) is 1. The number of nitrogens with one attached hydrogen (secondary N) is 1. The van der Waals surface area contributed by atoms with Crippen molar-refractivity contribution in [1.29, 1.82) is 0 Å². The first-order chi connectivity index (χ1) is 9.53. The van der Waals surface area contributed by atoms with Gasteiger partial charge in [-0.3, -0.25) is 4.98 Å². The zero-order chi connectivity index (χ0) is 14.2. The number of hydrogen-bond acceptors (Lipinski definition) is 5. The Morgan fingerprint density at radius 2 is 2.15 bits per heavy atom. The van der Waals surface area contributed by atoms with Crippen molar-refractivity contribution in [3.05, 3.63) is 30.3 Å². The van der Waals surface area contributed by atoms with Gasteiger partial charge in [-0.1, -0.05) is 11.2 Å². The third kappa shape index (κ3) is 1.96. The lowest BCUT2D eigenvalue weighted by Crippen LogP contribution is -2.44. The van der Waals surface area contributed by atoms with Gasteiger partial charge in [0.1, 0.15) is 5.69 Å². The van der Waals surface area contributed by atoms with Gasteiger partial charge < -0.3 is 9.84 Å². The average molecular weight is 284 g/mol. The van der Waals surface area contributed by atoms with Crippen LogP contribution in [0.25, 0.3) is 11.5 Å². The van der Waals surface area contributed by atoms with Crippen LogP contribution < -0.4 is 5.32 Å². The summed E-state index contributed by atoms with van der Waals surface area (Å²) < 4.78 is 44.9. The highest BCUT2D eigenvalue weighted by atomic mass is 19.4. The Labute approximate surface area is 112 Å². The molecule has 1 fully saturated rings. The summed E-state index contributed by atoms with van der Waals surface area (Å²) in [6.07, 6.45) is -3.03. The first kappa shape index (κ1) is 13.0. The molecule has 20 heavy (non-hydrogen) atoms. The van der Waals surface area contributed by atoms with E-state index in [2.05, 4.69) is 20.4 Å². The van der Waals surface area contributed by atoms with Gasteiger partial charge in [0.25, 0.3) is 0 Å². The molecule has 3 rings (SSSR count). The van der Waals surface area contributed by atoms with Gasteiger partial charge in [0.2, 0.25) is 11.7 Å². The number of aromatic nitrogens is 3. The van der Waals surface area contributed by atoms with Crippen LogP contribution in [-0.4, -0.2) is 34.4 Å². The molecule has 1 N–H and O–H groups in total. The molecule has 0 aliphatic carbocycles. The molecule has 1 aliphatic rings. The fraction of sp³-hybridized carbons (Fsp3) is 0.417. The molecule has 5 nitrogen and oxygen atoms in total. The maximum Gasteiger partial charge on any atom is 0.404 e. The second-order valence-electron chi connectivity index (χ2n) is 4.64. The largest absolute Gasteiger partial charge is 0.404 e. The second-order valence-corrected chi connectivity index (χ2v) is 4.64. The maximum atomic E-state index is 13.3. The Hall–Kier alpha value is -1.96. The third-order valence-corrected chi connectivity index (χ3v) is 3.43. The Kier molecular flexibility index (Phi) is 2.97. The van der Waals surface area contributed by atoms with E-state index in [9.17, 15) is 13.2 Å². The summed E-state index contributed by atoms with van der Waals surface area (Å²) in [5.74, 6) is -0.341. The van der Waals surface area contributed by atoms with Crippen LogP contribution >= 0.6 is 0 Å². The summed E-state index contributed by atoms with van der Waals surface area (Å²) in [6.45, 7) is 0.0150. The lowest BCUT2D eigenvalue weighted by atomic mass is 9.86. The van der Waals surface area contributed by atoms with Gasteiger partial charge in [-0.15, -0.1) is 0 Å². The molecule has 0 radical (unpaired) electrons. The minimum Gasteiger partial charge on any atom is -0.338 e. The van der Waals surface area contributed by atoms with Crippen molar-refractivity contribution in [2.75, 3.05) is 13.1 Å².